The van der Waals surface area contributed by atoms with Crippen molar-refractivity contribution < 1.29 is 22.7 Å². The van der Waals surface area contributed by atoms with Gasteiger partial charge in [0.1, 0.15) is 12.1 Å². The molecule has 7 nitrogen and oxygen atoms in total. The van der Waals surface area contributed by atoms with Crippen LogP contribution in [0.25, 0.3) is 10.8 Å². The van der Waals surface area contributed by atoms with E-state index >= 15 is 0 Å². The van der Waals surface area contributed by atoms with Crippen LogP contribution in [0.3, 0.4) is 0 Å². The molecule has 208 valence electrons. The maximum absolute atomic E-state index is 13.8. The summed E-state index contributed by atoms with van der Waals surface area (Å²) >= 11 is 12.2. The van der Waals surface area contributed by atoms with E-state index in [0.29, 0.717) is 17.5 Å². The fraction of sp³-hybridized carbons (Fsp3) is 0.200. The zero-order valence-electron chi connectivity index (χ0n) is 22.1. The minimum atomic E-state index is -4.27. The van der Waals surface area contributed by atoms with Crippen LogP contribution in [0.15, 0.2) is 89.8 Å². The molecule has 0 bridgehead atoms. The molecule has 0 atom stereocenters. The van der Waals surface area contributed by atoms with Crippen molar-refractivity contribution in [2.24, 2.45) is 0 Å². The zero-order valence-corrected chi connectivity index (χ0v) is 24.5. The Labute approximate surface area is 243 Å². The van der Waals surface area contributed by atoms with Crippen molar-refractivity contribution in [2.45, 2.75) is 37.8 Å². The molecule has 1 amide bonds. The van der Waals surface area contributed by atoms with Crippen molar-refractivity contribution in [1.82, 2.24) is 5.32 Å². The molecule has 0 aromatic heterocycles. The van der Waals surface area contributed by atoms with Crippen molar-refractivity contribution >= 4 is 61.6 Å². The maximum Gasteiger partial charge on any atom is 0.327 e. The van der Waals surface area contributed by atoms with Gasteiger partial charge in [0.2, 0.25) is 0 Å². The number of benzene rings is 4. The van der Waals surface area contributed by atoms with Gasteiger partial charge in [0.15, 0.2) is 0 Å². The number of nitrogens with zero attached hydrogens (tertiary/aromatic N) is 1. The first kappa shape index (κ1) is 29.4. The Bertz CT molecular complexity index is 1650. The summed E-state index contributed by atoms with van der Waals surface area (Å²) < 4.78 is 33.9. The van der Waals surface area contributed by atoms with E-state index in [1.54, 1.807) is 57.2 Å². The SMILES string of the molecule is CC(C)(C)OC(=O)CN(c1ccc2cc(C(=O)NCc3ccccc3)ccc2c1)S(=O)(=O)c1cc(Cl)cc(Cl)c1. The number of hydrogen-bond donors (Lipinski definition) is 1. The molecule has 0 aliphatic rings. The van der Waals surface area contributed by atoms with Gasteiger partial charge in [-0.1, -0.05) is 65.7 Å². The number of amides is 1. The molecule has 1 N–H and O–H groups in total. The van der Waals surface area contributed by atoms with E-state index in [-0.39, 0.29) is 26.5 Å². The van der Waals surface area contributed by atoms with Crippen LogP contribution in [0.1, 0.15) is 36.7 Å². The third-order valence-electron chi connectivity index (χ3n) is 5.79. The fourth-order valence-electron chi connectivity index (χ4n) is 4.02. The molecular weight excluding hydrogens is 571 g/mol. The molecule has 0 spiro atoms. The summed E-state index contributed by atoms with van der Waals surface area (Å²) in [4.78, 5) is 25.4. The standard InChI is InChI=1S/C30H28Cl2N2O5S/c1-30(2,3)39-28(35)19-34(40(37,38)27-16-24(31)15-25(32)17-27)26-12-11-21-13-23(10-9-22(21)14-26)29(36)33-18-20-7-5-4-6-8-20/h4-17H,18-19H2,1-3H3,(H,33,36). The van der Waals surface area contributed by atoms with E-state index in [4.69, 9.17) is 27.9 Å². The molecule has 0 aliphatic carbocycles. The van der Waals surface area contributed by atoms with Gasteiger partial charge in [-0.15, -0.1) is 0 Å². The van der Waals surface area contributed by atoms with Gasteiger partial charge in [0.25, 0.3) is 15.9 Å². The van der Waals surface area contributed by atoms with Gasteiger partial charge in [-0.25, -0.2) is 8.42 Å². The third-order valence-corrected chi connectivity index (χ3v) is 7.97. The number of rotatable bonds is 8. The minimum absolute atomic E-state index is 0.139. The van der Waals surface area contributed by atoms with E-state index in [1.807, 2.05) is 30.3 Å². The highest BCUT2D eigenvalue weighted by atomic mass is 35.5. The largest absolute Gasteiger partial charge is 0.459 e. The van der Waals surface area contributed by atoms with Crippen molar-refractivity contribution in [1.29, 1.82) is 0 Å². The lowest BCUT2D eigenvalue weighted by Crippen LogP contribution is -2.39. The predicted molar refractivity (Wildman–Crippen MR) is 158 cm³/mol. The summed E-state index contributed by atoms with van der Waals surface area (Å²) in [5.74, 6) is -0.962. The van der Waals surface area contributed by atoms with Gasteiger partial charge in [0, 0.05) is 22.2 Å². The first-order valence-electron chi connectivity index (χ1n) is 12.4. The van der Waals surface area contributed by atoms with Crippen LogP contribution in [-0.4, -0.2) is 32.4 Å². The van der Waals surface area contributed by atoms with Gasteiger partial charge in [-0.2, -0.15) is 0 Å². The number of ether oxygens (including phenoxy) is 1. The average molecular weight is 600 g/mol. The van der Waals surface area contributed by atoms with E-state index in [1.165, 1.54) is 18.2 Å². The highest BCUT2D eigenvalue weighted by Gasteiger charge is 2.30. The lowest BCUT2D eigenvalue weighted by molar-refractivity contribution is -0.152. The predicted octanol–water partition coefficient (Wildman–Crippen LogP) is 6.61. The average Bonchev–Trinajstić information content (AvgIpc) is 2.88. The summed E-state index contributed by atoms with van der Waals surface area (Å²) in [6.07, 6.45) is 0. The number of anilines is 1. The summed E-state index contributed by atoms with van der Waals surface area (Å²) in [5, 5.41) is 4.57. The molecule has 0 saturated heterocycles. The van der Waals surface area contributed by atoms with Crippen LogP contribution in [0, 0.1) is 0 Å². The minimum Gasteiger partial charge on any atom is -0.459 e. The van der Waals surface area contributed by atoms with Crippen molar-refractivity contribution in [2.75, 3.05) is 10.8 Å². The molecule has 0 unspecified atom stereocenters. The van der Waals surface area contributed by atoms with Crippen LogP contribution in [0.5, 0.6) is 0 Å². The topological polar surface area (TPSA) is 92.8 Å². The van der Waals surface area contributed by atoms with Crippen LogP contribution in [-0.2, 0) is 26.1 Å². The van der Waals surface area contributed by atoms with E-state index in [0.717, 1.165) is 15.3 Å². The molecule has 0 heterocycles. The summed E-state index contributed by atoms with van der Waals surface area (Å²) in [5.41, 5.74) is 0.861. The fourth-order valence-corrected chi connectivity index (χ4v) is 6.15. The monoisotopic (exact) mass is 598 g/mol. The molecule has 0 radical (unpaired) electrons. The quantitative estimate of drug-likeness (QED) is 0.230. The van der Waals surface area contributed by atoms with E-state index < -0.39 is 28.1 Å². The number of halogens is 2. The number of esters is 1. The maximum atomic E-state index is 13.8. The number of carbonyl (C=O) groups excluding carboxylic acids is 2. The van der Waals surface area contributed by atoms with Gasteiger partial charge in [-0.3, -0.25) is 13.9 Å². The van der Waals surface area contributed by atoms with Gasteiger partial charge >= 0.3 is 5.97 Å². The first-order chi connectivity index (χ1) is 18.8. The Balaban J connectivity index is 1.67. The molecule has 0 saturated carbocycles. The second kappa shape index (κ2) is 11.9. The summed E-state index contributed by atoms with van der Waals surface area (Å²) in [6.45, 7) is 4.91. The Morgan fingerprint density at radius 1 is 0.850 bits per heavy atom. The molecule has 4 aromatic rings. The molecule has 40 heavy (non-hydrogen) atoms. The normalized spacial score (nSPS) is 11.7. The molecule has 0 aliphatic heterocycles. The summed E-state index contributed by atoms with van der Waals surface area (Å²) in [7, 11) is -4.27. The lowest BCUT2D eigenvalue weighted by Gasteiger charge is -2.26. The van der Waals surface area contributed by atoms with Crippen LogP contribution >= 0.6 is 23.2 Å². The number of nitrogens with one attached hydrogen (secondary N) is 1. The number of sulfonamides is 1. The Morgan fingerprint density at radius 2 is 1.48 bits per heavy atom. The second-order valence-corrected chi connectivity index (χ2v) is 12.9. The Kier molecular flexibility index (Phi) is 8.73. The summed E-state index contributed by atoms with van der Waals surface area (Å²) in [6, 6.07) is 23.6. The van der Waals surface area contributed by atoms with Gasteiger partial charge < -0.3 is 10.1 Å². The highest BCUT2D eigenvalue weighted by molar-refractivity contribution is 7.92. The third kappa shape index (κ3) is 7.33. The zero-order chi connectivity index (χ0) is 29.1. The number of fused-ring (bicyclic) bond motifs is 1. The molecular formula is C30H28Cl2N2O5S. The van der Waals surface area contributed by atoms with Crippen LogP contribution in [0.4, 0.5) is 5.69 Å². The first-order valence-corrected chi connectivity index (χ1v) is 14.6. The molecule has 0 fully saturated rings. The number of carbonyl (C=O) groups is 2. The smallest absolute Gasteiger partial charge is 0.327 e. The lowest BCUT2D eigenvalue weighted by atomic mass is 10.1. The van der Waals surface area contributed by atoms with Crippen LogP contribution in [0.2, 0.25) is 10.0 Å². The molecule has 10 heteroatoms. The van der Waals surface area contributed by atoms with E-state index in [9.17, 15) is 18.0 Å². The Morgan fingerprint density at radius 3 is 2.12 bits per heavy atom. The van der Waals surface area contributed by atoms with Crippen molar-refractivity contribution in [3.05, 3.63) is 106 Å². The number of hydrogen-bond acceptors (Lipinski definition) is 5. The van der Waals surface area contributed by atoms with Gasteiger partial charge in [-0.05, 0) is 79.6 Å². The van der Waals surface area contributed by atoms with Gasteiger partial charge in [0.05, 0.1) is 10.6 Å². The Hall–Kier alpha value is -3.59. The van der Waals surface area contributed by atoms with Crippen molar-refractivity contribution in [3.63, 3.8) is 0 Å². The molecule has 4 rings (SSSR count). The van der Waals surface area contributed by atoms with E-state index in [2.05, 4.69) is 5.32 Å². The van der Waals surface area contributed by atoms with Crippen LogP contribution < -0.4 is 9.62 Å². The van der Waals surface area contributed by atoms with Crippen molar-refractivity contribution in [3.8, 4) is 0 Å². The highest BCUT2D eigenvalue weighted by Crippen LogP contribution is 2.31. The molecule has 4 aromatic carbocycles. The second-order valence-electron chi connectivity index (χ2n) is 10.1.